The van der Waals surface area contributed by atoms with E-state index in [1.165, 1.54) is 4.90 Å². The van der Waals surface area contributed by atoms with Crippen LogP contribution in [-0.4, -0.2) is 53.3 Å². The van der Waals surface area contributed by atoms with E-state index in [1.54, 1.807) is 24.3 Å². The Kier molecular flexibility index (Phi) is 11.8. The smallest absolute Gasteiger partial charge is 0.257 e. The molecule has 0 heterocycles. The lowest BCUT2D eigenvalue weighted by atomic mass is 10.1. The van der Waals surface area contributed by atoms with Gasteiger partial charge in [0.1, 0.15) is 17.7 Å². The minimum absolute atomic E-state index is 0.0524. The molecular weight excluding hydrogens is 495 g/mol. The van der Waals surface area contributed by atoms with Gasteiger partial charge < -0.3 is 31.2 Å². The van der Waals surface area contributed by atoms with Crippen molar-refractivity contribution in [2.75, 3.05) is 19.8 Å². The van der Waals surface area contributed by atoms with Crippen LogP contribution in [0.1, 0.15) is 31.5 Å². The Morgan fingerprint density at radius 1 is 1.03 bits per heavy atom. The van der Waals surface area contributed by atoms with Crippen LogP contribution >= 0.6 is 23.2 Å². The number of ether oxygens (including phenoxy) is 2. The van der Waals surface area contributed by atoms with Crippen molar-refractivity contribution in [2.45, 2.75) is 36.8 Å². The Bertz CT molecular complexity index is 960. The van der Waals surface area contributed by atoms with Crippen LogP contribution in [0.15, 0.2) is 54.6 Å². The van der Waals surface area contributed by atoms with Gasteiger partial charge in [-0.3, -0.25) is 14.4 Å². The lowest BCUT2D eigenvalue weighted by Gasteiger charge is -2.34. The highest BCUT2D eigenvalue weighted by atomic mass is 35.5. The van der Waals surface area contributed by atoms with Crippen LogP contribution in [0, 0.1) is 0 Å². The molecule has 2 unspecified atom stereocenters. The molecule has 9 nitrogen and oxygen atoms in total. The van der Waals surface area contributed by atoms with Crippen LogP contribution in [0.2, 0.25) is 0 Å². The Labute approximate surface area is 214 Å². The number of rotatable bonds is 14. The molecule has 2 rings (SSSR count). The first kappa shape index (κ1) is 28.4. The zero-order valence-electron chi connectivity index (χ0n) is 19.4. The lowest BCUT2D eigenvalue weighted by molar-refractivity contribution is -0.135. The fraction of sp³-hybridized carbons (Fsp3) is 0.375. The van der Waals surface area contributed by atoms with E-state index in [2.05, 4.69) is 5.32 Å². The molecule has 2 aromatic rings. The van der Waals surface area contributed by atoms with Crippen molar-refractivity contribution in [2.24, 2.45) is 11.5 Å². The number of amides is 3. The molecule has 35 heavy (non-hydrogen) atoms. The van der Waals surface area contributed by atoms with Gasteiger partial charge in [0.2, 0.25) is 11.8 Å². The number of halogens is 2. The van der Waals surface area contributed by atoms with Gasteiger partial charge in [-0.25, -0.2) is 0 Å². The van der Waals surface area contributed by atoms with Crippen LogP contribution in [0.3, 0.4) is 0 Å². The zero-order valence-corrected chi connectivity index (χ0v) is 20.9. The third-order valence-corrected chi connectivity index (χ3v) is 5.33. The summed E-state index contributed by atoms with van der Waals surface area (Å²) in [6, 6.07) is 15.0. The fourth-order valence-electron chi connectivity index (χ4n) is 3.15. The molecule has 0 radical (unpaired) electrons. The second kappa shape index (κ2) is 14.5. The fourth-order valence-corrected chi connectivity index (χ4v) is 3.40. The third kappa shape index (κ3) is 9.37. The quantitative estimate of drug-likeness (QED) is 0.197. The maximum absolute atomic E-state index is 12.9. The van der Waals surface area contributed by atoms with Crippen molar-refractivity contribution in [1.82, 2.24) is 10.2 Å². The standard InChI is InChI=1S/C24H30Cl2N4O5/c1-2-34-15-14-30(24(33)21(25)26)22(29-23(32)19(27)12-13-20(28)31)16-8-10-18(11-9-16)35-17-6-4-3-5-7-17/h3-11,19,21-22H,2,12-15,27H2,1H3,(H2,28,31)(H,29,32). The number of para-hydroxylation sites is 1. The normalized spacial score (nSPS) is 12.6. The molecule has 0 aromatic heterocycles. The number of nitrogens with zero attached hydrogens (tertiary/aromatic N) is 1. The minimum atomic E-state index is -1.36. The van der Waals surface area contributed by atoms with Gasteiger partial charge in [0.25, 0.3) is 5.91 Å². The summed E-state index contributed by atoms with van der Waals surface area (Å²) in [5, 5.41) is 2.76. The van der Waals surface area contributed by atoms with Crippen molar-refractivity contribution in [3.63, 3.8) is 0 Å². The zero-order chi connectivity index (χ0) is 25.8. The van der Waals surface area contributed by atoms with Crippen molar-refractivity contribution >= 4 is 40.9 Å². The summed E-state index contributed by atoms with van der Waals surface area (Å²) in [4.78, 5) is 36.7. The van der Waals surface area contributed by atoms with Gasteiger partial charge in [0.05, 0.1) is 12.6 Å². The topological polar surface area (TPSA) is 137 Å². The first-order chi connectivity index (χ1) is 16.7. The van der Waals surface area contributed by atoms with Gasteiger partial charge in [0.15, 0.2) is 4.84 Å². The van der Waals surface area contributed by atoms with Gasteiger partial charge in [-0.15, -0.1) is 0 Å². The lowest BCUT2D eigenvalue weighted by Crippen LogP contribution is -2.51. The maximum Gasteiger partial charge on any atom is 0.257 e. The summed E-state index contributed by atoms with van der Waals surface area (Å²) >= 11 is 11.8. The summed E-state index contributed by atoms with van der Waals surface area (Å²) in [6.07, 6.45) is -0.956. The summed E-state index contributed by atoms with van der Waals surface area (Å²) < 4.78 is 11.2. The second-order valence-corrected chi connectivity index (χ2v) is 8.63. The van der Waals surface area contributed by atoms with Crippen LogP contribution in [-0.2, 0) is 19.1 Å². The molecule has 0 saturated carbocycles. The highest BCUT2D eigenvalue weighted by Gasteiger charge is 2.31. The molecule has 3 amide bonds. The number of alkyl halides is 2. The molecule has 2 atom stereocenters. The summed E-state index contributed by atoms with van der Waals surface area (Å²) in [5.41, 5.74) is 11.7. The molecule has 0 fully saturated rings. The van der Waals surface area contributed by atoms with E-state index in [0.717, 1.165) is 0 Å². The first-order valence-electron chi connectivity index (χ1n) is 11.1. The van der Waals surface area contributed by atoms with Crippen LogP contribution in [0.5, 0.6) is 11.5 Å². The number of hydrogen-bond acceptors (Lipinski definition) is 6. The van der Waals surface area contributed by atoms with E-state index >= 15 is 0 Å². The molecule has 0 spiro atoms. The number of primary amides is 1. The van der Waals surface area contributed by atoms with Gasteiger partial charge in [0, 0.05) is 19.6 Å². The molecule has 0 bridgehead atoms. The predicted molar refractivity (Wildman–Crippen MR) is 134 cm³/mol. The molecule has 0 saturated heterocycles. The molecule has 5 N–H and O–H groups in total. The van der Waals surface area contributed by atoms with Gasteiger partial charge >= 0.3 is 0 Å². The Balaban J connectivity index is 2.32. The minimum Gasteiger partial charge on any atom is -0.457 e. The Morgan fingerprint density at radius 3 is 2.23 bits per heavy atom. The van der Waals surface area contributed by atoms with E-state index in [1.807, 2.05) is 37.3 Å². The van der Waals surface area contributed by atoms with Gasteiger partial charge in [-0.05, 0) is 43.2 Å². The SMILES string of the molecule is CCOCCN(C(=O)C(Cl)Cl)C(NC(=O)C(N)CCC(N)=O)c1ccc(Oc2ccccc2)cc1. The third-order valence-electron chi connectivity index (χ3n) is 4.95. The van der Waals surface area contributed by atoms with Crippen molar-refractivity contribution in [3.05, 3.63) is 60.2 Å². The Hall–Kier alpha value is -2.85. The Morgan fingerprint density at radius 2 is 1.66 bits per heavy atom. The number of hydrogen-bond donors (Lipinski definition) is 3. The van der Waals surface area contributed by atoms with E-state index in [-0.39, 0.29) is 26.0 Å². The predicted octanol–water partition coefficient (Wildman–Crippen LogP) is 2.86. The van der Waals surface area contributed by atoms with Gasteiger partial charge in [-0.2, -0.15) is 0 Å². The summed E-state index contributed by atoms with van der Waals surface area (Å²) in [6.45, 7) is 2.55. The molecule has 11 heteroatoms. The second-order valence-electron chi connectivity index (χ2n) is 7.54. The largest absolute Gasteiger partial charge is 0.457 e. The van der Waals surface area contributed by atoms with Crippen molar-refractivity contribution in [3.8, 4) is 11.5 Å². The van der Waals surface area contributed by atoms with E-state index in [4.69, 9.17) is 44.1 Å². The van der Waals surface area contributed by atoms with E-state index in [9.17, 15) is 14.4 Å². The van der Waals surface area contributed by atoms with Gasteiger partial charge in [-0.1, -0.05) is 53.5 Å². The number of nitrogens with two attached hydrogens (primary N) is 2. The average molecular weight is 525 g/mol. The monoisotopic (exact) mass is 524 g/mol. The number of carbonyl (C=O) groups excluding carboxylic acids is 3. The first-order valence-corrected chi connectivity index (χ1v) is 11.9. The van der Waals surface area contributed by atoms with Crippen molar-refractivity contribution < 1.29 is 23.9 Å². The maximum atomic E-state index is 12.9. The molecule has 190 valence electrons. The highest BCUT2D eigenvalue weighted by molar-refractivity contribution is 6.53. The van der Waals surface area contributed by atoms with E-state index < -0.39 is 34.8 Å². The number of nitrogens with one attached hydrogen (secondary N) is 1. The molecule has 0 aliphatic carbocycles. The van der Waals surface area contributed by atoms with Crippen LogP contribution < -0.4 is 21.5 Å². The number of benzene rings is 2. The summed E-state index contributed by atoms with van der Waals surface area (Å²) in [5.74, 6) is -0.544. The van der Waals surface area contributed by atoms with Crippen LogP contribution in [0.25, 0.3) is 0 Å². The van der Waals surface area contributed by atoms with Crippen LogP contribution in [0.4, 0.5) is 0 Å². The molecule has 2 aromatic carbocycles. The van der Waals surface area contributed by atoms with Crippen molar-refractivity contribution in [1.29, 1.82) is 0 Å². The summed E-state index contributed by atoms with van der Waals surface area (Å²) in [7, 11) is 0. The average Bonchev–Trinajstić information content (AvgIpc) is 2.84. The molecule has 0 aliphatic heterocycles. The highest BCUT2D eigenvalue weighted by Crippen LogP contribution is 2.26. The van der Waals surface area contributed by atoms with E-state index in [0.29, 0.717) is 23.7 Å². The number of carbonyl (C=O) groups is 3. The molecule has 0 aliphatic rings. The molecular formula is C24H30Cl2N4O5.